The minimum Gasteiger partial charge on any atom is -0.369 e. The zero-order valence-corrected chi connectivity index (χ0v) is 8.67. The second-order valence-electron chi connectivity index (χ2n) is 2.38. The molecule has 1 rings (SSSR count). The Morgan fingerprint density at radius 2 is 2.08 bits per heavy atom. The number of pyridine rings is 1. The predicted octanol–water partition coefficient (Wildman–Crippen LogP) is 1.79. The molecule has 1 aromatic heterocycles. The number of aryl methyl sites for hydroxylation is 1. The van der Waals surface area contributed by atoms with Crippen LogP contribution in [0.15, 0.2) is 18.2 Å². The van der Waals surface area contributed by atoms with E-state index in [1.807, 2.05) is 39.0 Å². The molecule has 0 saturated heterocycles. The Morgan fingerprint density at radius 3 is 2.62 bits per heavy atom. The first kappa shape index (κ1) is 11.9. The van der Waals surface area contributed by atoms with Gasteiger partial charge >= 0.3 is 0 Å². The lowest BCUT2D eigenvalue weighted by molar-refractivity contribution is 1.01. The summed E-state index contributed by atoms with van der Waals surface area (Å²) < 4.78 is 0. The van der Waals surface area contributed by atoms with Crippen molar-refractivity contribution in [2.75, 3.05) is 18.4 Å². The van der Waals surface area contributed by atoms with Crippen molar-refractivity contribution in [3.63, 3.8) is 0 Å². The fourth-order valence-corrected chi connectivity index (χ4v) is 0.842. The maximum atomic E-state index is 5.32. The van der Waals surface area contributed by atoms with Gasteiger partial charge in [-0.1, -0.05) is 19.9 Å². The first-order chi connectivity index (χ1) is 6.33. The van der Waals surface area contributed by atoms with Crippen molar-refractivity contribution >= 4 is 5.82 Å². The Hall–Kier alpha value is -1.09. The molecule has 1 heterocycles. The standard InChI is InChI=1S/C8H13N3.C2H6/c1-7-3-2-4-8(11-7)10-6-5-9;1-2/h2-4H,5-6,9H2,1H3,(H,10,11);1-2H3. The molecule has 0 aliphatic carbocycles. The molecule has 0 aliphatic heterocycles. The van der Waals surface area contributed by atoms with Crippen molar-refractivity contribution in [2.24, 2.45) is 5.73 Å². The highest BCUT2D eigenvalue weighted by atomic mass is 15.0. The van der Waals surface area contributed by atoms with E-state index in [-0.39, 0.29) is 0 Å². The molecular weight excluding hydrogens is 162 g/mol. The van der Waals surface area contributed by atoms with E-state index in [1.165, 1.54) is 0 Å². The van der Waals surface area contributed by atoms with Gasteiger partial charge in [0.1, 0.15) is 5.82 Å². The van der Waals surface area contributed by atoms with Crippen LogP contribution in [-0.2, 0) is 0 Å². The maximum Gasteiger partial charge on any atom is 0.126 e. The Labute approximate surface area is 80.4 Å². The van der Waals surface area contributed by atoms with Crippen LogP contribution in [-0.4, -0.2) is 18.1 Å². The van der Waals surface area contributed by atoms with Crippen LogP contribution >= 0.6 is 0 Å². The van der Waals surface area contributed by atoms with Crippen molar-refractivity contribution in [1.29, 1.82) is 0 Å². The van der Waals surface area contributed by atoms with E-state index in [1.54, 1.807) is 0 Å². The minimum atomic E-state index is 0.635. The Kier molecular flexibility index (Phi) is 6.92. The lowest BCUT2D eigenvalue weighted by Crippen LogP contribution is -2.13. The lowest BCUT2D eigenvalue weighted by atomic mass is 10.4. The number of anilines is 1. The Morgan fingerprint density at radius 1 is 1.38 bits per heavy atom. The van der Waals surface area contributed by atoms with Gasteiger partial charge in [-0.2, -0.15) is 0 Å². The summed E-state index contributed by atoms with van der Waals surface area (Å²) in [6.45, 7) is 7.37. The van der Waals surface area contributed by atoms with E-state index in [0.29, 0.717) is 6.54 Å². The first-order valence-corrected chi connectivity index (χ1v) is 4.70. The number of rotatable bonds is 3. The van der Waals surface area contributed by atoms with Gasteiger partial charge in [0.05, 0.1) is 0 Å². The molecule has 0 atom stereocenters. The van der Waals surface area contributed by atoms with Crippen LogP contribution in [0.3, 0.4) is 0 Å². The number of nitrogens with one attached hydrogen (secondary N) is 1. The van der Waals surface area contributed by atoms with Gasteiger partial charge < -0.3 is 11.1 Å². The number of hydrogen-bond acceptors (Lipinski definition) is 3. The molecule has 0 spiro atoms. The predicted molar refractivity (Wildman–Crippen MR) is 57.9 cm³/mol. The maximum absolute atomic E-state index is 5.32. The van der Waals surface area contributed by atoms with Crippen LogP contribution in [0, 0.1) is 6.92 Å². The van der Waals surface area contributed by atoms with Crippen LogP contribution in [0.5, 0.6) is 0 Å². The third-order valence-corrected chi connectivity index (χ3v) is 1.34. The normalized spacial score (nSPS) is 8.62. The SMILES string of the molecule is CC.Cc1cccc(NCCN)n1. The van der Waals surface area contributed by atoms with Gasteiger partial charge in [0.2, 0.25) is 0 Å². The molecule has 3 nitrogen and oxygen atoms in total. The van der Waals surface area contributed by atoms with Crippen molar-refractivity contribution in [2.45, 2.75) is 20.8 Å². The van der Waals surface area contributed by atoms with E-state index in [2.05, 4.69) is 10.3 Å². The van der Waals surface area contributed by atoms with E-state index in [4.69, 9.17) is 5.73 Å². The second-order valence-corrected chi connectivity index (χ2v) is 2.38. The molecule has 74 valence electrons. The largest absolute Gasteiger partial charge is 0.369 e. The van der Waals surface area contributed by atoms with E-state index >= 15 is 0 Å². The van der Waals surface area contributed by atoms with Crippen LogP contribution in [0.25, 0.3) is 0 Å². The first-order valence-electron chi connectivity index (χ1n) is 4.70. The Balaban J connectivity index is 0.000000671. The molecular formula is C10H19N3. The summed E-state index contributed by atoms with van der Waals surface area (Å²) in [5.41, 5.74) is 6.34. The topological polar surface area (TPSA) is 50.9 Å². The average molecular weight is 181 g/mol. The molecule has 0 aliphatic rings. The minimum absolute atomic E-state index is 0.635. The fraction of sp³-hybridized carbons (Fsp3) is 0.500. The third kappa shape index (κ3) is 5.20. The summed E-state index contributed by atoms with van der Waals surface area (Å²) >= 11 is 0. The lowest BCUT2D eigenvalue weighted by Gasteiger charge is -2.02. The molecule has 3 N–H and O–H groups in total. The van der Waals surface area contributed by atoms with E-state index in [9.17, 15) is 0 Å². The molecule has 13 heavy (non-hydrogen) atoms. The smallest absolute Gasteiger partial charge is 0.126 e. The highest BCUT2D eigenvalue weighted by Gasteiger charge is 1.90. The van der Waals surface area contributed by atoms with Crippen LogP contribution < -0.4 is 11.1 Å². The van der Waals surface area contributed by atoms with Gasteiger partial charge in [-0.3, -0.25) is 0 Å². The summed E-state index contributed by atoms with van der Waals surface area (Å²) in [4.78, 5) is 4.24. The van der Waals surface area contributed by atoms with Crippen molar-refractivity contribution in [3.8, 4) is 0 Å². The molecule has 0 bridgehead atoms. The second kappa shape index (κ2) is 7.55. The summed E-state index contributed by atoms with van der Waals surface area (Å²) in [7, 11) is 0. The van der Waals surface area contributed by atoms with Crippen molar-refractivity contribution < 1.29 is 0 Å². The zero-order chi connectivity index (χ0) is 10.1. The molecule has 3 heteroatoms. The highest BCUT2D eigenvalue weighted by Crippen LogP contribution is 2.02. The molecule has 0 radical (unpaired) electrons. The number of nitrogens with two attached hydrogens (primary N) is 1. The van der Waals surface area contributed by atoms with Gasteiger partial charge in [-0.25, -0.2) is 4.98 Å². The molecule has 1 aromatic rings. The molecule has 0 fully saturated rings. The van der Waals surface area contributed by atoms with Gasteiger partial charge in [0.25, 0.3) is 0 Å². The number of aromatic nitrogens is 1. The molecule has 0 aromatic carbocycles. The van der Waals surface area contributed by atoms with Crippen LogP contribution in [0.1, 0.15) is 19.5 Å². The molecule has 0 unspecified atom stereocenters. The highest BCUT2D eigenvalue weighted by molar-refractivity contribution is 5.34. The van der Waals surface area contributed by atoms with Gasteiger partial charge in [-0.15, -0.1) is 0 Å². The zero-order valence-electron chi connectivity index (χ0n) is 8.67. The van der Waals surface area contributed by atoms with Gasteiger partial charge in [-0.05, 0) is 19.1 Å². The summed E-state index contributed by atoms with van der Waals surface area (Å²) in [5.74, 6) is 0.899. The monoisotopic (exact) mass is 181 g/mol. The fourth-order valence-electron chi connectivity index (χ4n) is 0.842. The van der Waals surface area contributed by atoms with E-state index in [0.717, 1.165) is 18.1 Å². The molecule has 0 saturated carbocycles. The summed E-state index contributed by atoms with van der Waals surface area (Å²) in [5, 5.41) is 3.10. The van der Waals surface area contributed by atoms with E-state index < -0.39 is 0 Å². The quantitative estimate of drug-likeness (QED) is 0.747. The number of hydrogen-bond donors (Lipinski definition) is 2. The van der Waals surface area contributed by atoms with Gasteiger partial charge in [0.15, 0.2) is 0 Å². The van der Waals surface area contributed by atoms with Gasteiger partial charge in [0, 0.05) is 18.8 Å². The molecule has 0 amide bonds. The van der Waals surface area contributed by atoms with Crippen molar-refractivity contribution in [3.05, 3.63) is 23.9 Å². The summed E-state index contributed by atoms with van der Waals surface area (Å²) in [6.07, 6.45) is 0. The van der Waals surface area contributed by atoms with Crippen molar-refractivity contribution in [1.82, 2.24) is 4.98 Å². The Bertz CT molecular complexity index is 223. The number of nitrogens with zero attached hydrogens (tertiary/aromatic N) is 1. The summed E-state index contributed by atoms with van der Waals surface area (Å²) in [6, 6.07) is 5.87. The average Bonchev–Trinajstić information content (AvgIpc) is 2.18. The van der Waals surface area contributed by atoms with Crippen LogP contribution in [0.2, 0.25) is 0 Å². The van der Waals surface area contributed by atoms with Crippen LogP contribution in [0.4, 0.5) is 5.82 Å². The third-order valence-electron chi connectivity index (χ3n) is 1.34.